The molecule has 27 heavy (non-hydrogen) atoms. The maximum Gasteiger partial charge on any atom is 0.193 e. The molecular formula is C22H35N3O2. The second-order valence-electron chi connectivity index (χ2n) is 8.08. The molecule has 150 valence electrons. The lowest BCUT2D eigenvalue weighted by atomic mass is 9.69. The smallest absolute Gasteiger partial charge is 0.193 e. The molecule has 2 aliphatic rings. The molecule has 2 fully saturated rings. The predicted octanol–water partition coefficient (Wildman–Crippen LogP) is 3.44. The Bertz CT molecular complexity index is 602. The van der Waals surface area contributed by atoms with Crippen molar-refractivity contribution in [3.8, 4) is 5.75 Å². The molecular weight excluding hydrogens is 338 g/mol. The summed E-state index contributed by atoms with van der Waals surface area (Å²) in [6.07, 6.45) is 7.53. The molecule has 0 radical (unpaired) electrons. The van der Waals surface area contributed by atoms with Crippen LogP contribution in [0.4, 0.5) is 0 Å². The Labute approximate surface area is 164 Å². The zero-order valence-corrected chi connectivity index (χ0v) is 17.2. The van der Waals surface area contributed by atoms with Crippen LogP contribution < -0.4 is 10.1 Å². The highest BCUT2D eigenvalue weighted by molar-refractivity contribution is 5.79. The highest BCUT2D eigenvalue weighted by Gasteiger charge is 2.34. The minimum absolute atomic E-state index is 0.178. The van der Waals surface area contributed by atoms with E-state index in [1.807, 2.05) is 7.05 Å². The van der Waals surface area contributed by atoms with Crippen LogP contribution in [0.15, 0.2) is 29.3 Å². The molecule has 1 saturated carbocycles. The van der Waals surface area contributed by atoms with Gasteiger partial charge in [-0.15, -0.1) is 0 Å². The van der Waals surface area contributed by atoms with Crippen molar-refractivity contribution in [1.82, 2.24) is 10.2 Å². The number of benzene rings is 1. The van der Waals surface area contributed by atoms with E-state index in [4.69, 9.17) is 9.47 Å². The van der Waals surface area contributed by atoms with Gasteiger partial charge in [0.15, 0.2) is 5.96 Å². The SMILES string of the molecule is CN=C(NCC1(c2ccc(OC)cc2)CCCCC1)N(C)CC1CCOC1. The van der Waals surface area contributed by atoms with Crippen molar-refractivity contribution in [2.24, 2.45) is 10.9 Å². The predicted molar refractivity (Wildman–Crippen MR) is 111 cm³/mol. The van der Waals surface area contributed by atoms with Crippen LogP contribution >= 0.6 is 0 Å². The Hall–Kier alpha value is -1.75. The zero-order chi connectivity index (χ0) is 19.1. The third-order valence-corrected chi connectivity index (χ3v) is 6.23. The maximum atomic E-state index is 5.52. The van der Waals surface area contributed by atoms with Gasteiger partial charge in [0.2, 0.25) is 0 Å². The maximum absolute atomic E-state index is 5.52. The summed E-state index contributed by atoms with van der Waals surface area (Å²) in [5.74, 6) is 2.52. The van der Waals surface area contributed by atoms with Crippen LogP contribution in [0, 0.1) is 5.92 Å². The number of nitrogens with one attached hydrogen (secondary N) is 1. The first kappa shape index (κ1) is 20.0. The van der Waals surface area contributed by atoms with Crippen molar-refractivity contribution >= 4 is 5.96 Å². The molecule has 1 aliphatic heterocycles. The number of aliphatic imine (C=N–C) groups is 1. The number of hydrogen-bond donors (Lipinski definition) is 1. The van der Waals surface area contributed by atoms with Gasteiger partial charge in [-0.05, 0) is 37.0 Å². The van der Waals surface area contributed by atoms with Crippen molar-refractivity contribution in [3.63, 3.8) is 0 Å². The molecule has 0 spiro atoms. The Kier molecular flexibility index (Phi) is 7.00. The molecule has 0 amide bonds. The van der Waals surface area contributed by atoms with Crippen LogP contribution in [0.2, 0.25) is 0 Å². The number of hydrogen-bond acceptors (Lipinski definition) is 3. The Morgan fingerprint density at radius 2 is 2.00 bits per heavy atom. The van der Waals surface area contributed by atoms with Crippen molar-refractivity contribution in [1.29, 1.82) is 0 Å². The lowest BCUT2D eigenvalue weighted by Crippen LogP contribution is -2.48. The standard InChI is InChI=1S/C22H35N3O2/c1-23-21(25(2)15-18-11-14-27-16-18)24-17-22(12-5-4-6-13-22)19-7-9-20(26-3)10-8-19/h7-10,18H,4-6,11-17H2,1-3H3,(H,23,24). The Balaban J connectivity index is 1.67. The van der Waals surface area contributed by atoms with Crippen molar-refractivity contribution in [3.05, 3.63) is 29.8 Å². The van der Waals surface area contributed by atoms with E-state index in [0.29, 0.717) is 5.92 Å². The second kappa shape index (κ2) is 9.45. The van der Waals surface area contributed by atoms with E-state index in [0.717, 1.165) is 44.4 Å². The monoisotopic (exact) mass is 373 g/mol. The largest absolute Gasteiger partial charge is 0.497 e. The summed E-state index contributed by atoms with van der Waals surface area (Å²) < 4.78 is 10.9. The molecule has 1 aliphatic carbocycles. The lowest BCUT2D eigenvalue weighted by Gasteiger charge is -2.39. The van der Waals surface area contributed by atoms with Crippen molar-refractivity contribution in [2.45, 2.75) is 43.9 Å². The summed E-state index contributed by atoms with van der Waals surface area (Å²) in [5, 5.41) is 3.68. The van der Waals surface area contributed by atoms with E-state index in [1.165, 1.54) is 37.7 Å². The van der Waals surface area contributed by atoms with Gasteiger partial charge in [-0.2, -0.15) is 0 Å². The summed E-state index contributed by atoms with van der Waals surface area (Å²) in [6, 6.07) is 8.67. The van der Waals surface area contributed by atoms with Gasteiger partial charge in [0.1, 0.15) is 5.75 Å². The van der Waals surface area contributed by atoms with Gasteiger partial charge in [-0.25, -0.2) is 0 Å². The third kappa shape index (κ3) is 4.95. The number of rotatable bonds is 6. The van der Waals surface area contributed by atoms with Crippen molar-refractivity contribution < 1.29 is 9.47 Å². The molecule has 0 bridgehead atoms. The third-order valence-electron chi connectivity index (χ3n) is 6.23. The van der Waals surface area contributed by atoms with E-state index in [2.05, 4.69) is 46.5 Å². The number of guanidine groups is 1. The molecule has 1 atom stereocenters. The molecule has 1 N–H and O–H groups in total. The van der Waals surface area contributed by atoms with Crippen LogP contribution in [0.1, 0.15) is 44.1 Å². The first-order valence-corrected chi connectivity index (χ1v) is 10.3. The molecule has 1 heterocycles. The van der Waals surface area contributed by atoms with E-state index in [-0.39, 0.29) is 5.41 Å². The summed E-state index contributed by atoms with van der Waals surface area (Å²) in [4.78, 5) is 6.79. The van der Waals surface area contributed by atoms with E-state index < -0.39 is 0 Å². The molecule has 1 aromatic rings. The summed E-state index contributed by atoms with van der Waals surface area (Å²) in [5.41, 5.74) is 1.59. The van der Waals surface area contributed by atoms with Crippen LogP contribution in [-0.2, 0) is 10.2 Å². The zero-order valence-electron chi connectivity index (χ0n) is 17.2. The molecule has 3 rings (SSSR count). The summed E-state index contributed by atoms with van der Waals surface area (Å²) in [6.45, 7) is 3.69. The van der Waals surface area contributed by atoms with Crippen molar-refractivity contribution in [2.75, 3.05) is 47.5 Å². The highest BCUT2D eigenvalue weighted by atomic mass is 16.5. The van der Waals surface area contributed by atoms with Gasteiger partial charge in [-0.1, -0.05) is 31.4 Å². The van der Waals surface area contributed by atoms with Gasteiger partial charge in [0, 0.05) is 45.1 Å². The molecule has 1 unspecified atom stereocenters. The first-order chi connectivity index (χ1) is 13.2. The average molecular weight is 374 g/mol. The fourth-order valence-corrected chi connectivity index (χ4v) is 4.57. The van der Waals surface area contributed by atoms with E-state index >= 15 is 0 Å². The molecule has 5 nitrogen and oxygen atoms in total. The average Bonchev–Trinajstić information content (AvgIpc) is 3.22. The molecule has 0 aromatic heterocycles. The molecule has 1 saturated heterocycles. The highest BCUT2D eigenvalue weighted by Crippen LogP contribution is 2.39. The van der Waals surface area contributed by atoms with Gasteiger partial charge in [0.05, 0.1) is 13.7 Å². The van der Waals surface area contributed by atoms with Gasteiger partial charge in [-0.3, -0.25) is 4.99 Å². The normalized spacial score (nSPS) is 22.5. The quantitative estimate of drug-likeness (QED) is 0.613. The van der Waals surface area contributed by atoms with E-state index in [1.54, 1.807) is 7.11 Å². The lowest BCUT2D eigenvalue weighted by molar-refractivity contribution is 0.181. The fourth-order valence-electron chi connectivity index (χ4n) is 4.57. The minimum atomic E-state index is 0.178. The first-order valence-electron chi connectivity index (χ1n) is 10.3. The van der Waals surface area contributed by atoms with Crippen LogP contribution in [0.3, 0.4) is 0 Å². The topological polar surface area (TPSA) is 46.1 Å². The van der Waals surface area contributed by atoms with Crippen LogP contribution in [-0.4, -0.2) is 58.4 Å². The number of ether oxygens (including phenoxy) is 2. The molecule has 1 aromatic carbocycles. The van der Waals surface area contributed by atoms with E-state index in [9.17, 15) is 0 Å². The second-order valence-corrected chi connectivity index (χ2v) is 8.08. The van der Waals surface area contributed by atoms with Crippen LogP contribution in [0.25, 0.3) is 0 Å². The number of nitrogens with zero attached hydrogens (tertiary/aromatic N) is 2. The minimum Gasteiger partial charge on any atom is -0.497 e. The van der Waals surface area contributed by atoms with Gasteiger partial charge < -0.3 is 19.7 Å². The fraction of sp³-hybridized carbons (Fsp3) is 0.682. The Morgan fingerprint density at radius 1 is 1.26 bits per heavy atom. The molecule has 5 heteroatoms. The summed E-state index contributed by atoms with van der Waals surface area (Å²) >= 11 is 0. The van der Waals surface area contributed by atoms with Gasteiger partial charge in [0.25, 0.3) is 0 Å². The van der Waals surface area contributed by atoms with Gasteiger partial charge >= 0.3 is 0 Å². The van der Waals surface area contributed by atoms with Crippen LogP contribution in [0.5, 0.6) is 5.75 Å². The Morgan fingerprint density at radius 3 is 2.59 bits per heavy atom. The summed E-state index contributed by atoms with van der Waals surface area (Å²) in [7, 11) is 5.74. The number of methoxy groups -OCH3 is 1.